The third kappa shape index (κ3) is 3.71. The Hall–Kier alpha value is -1.24. The highest BCUT2D eigenvalue weighted by Gasteiger charge is 2.46. The monoisotopic (exact) mass is 391 g/mol. The standard InChI is InChI=1S/C19H22BrNO3/c20-15-8-4-7-14(9-15)11-21-16(10-13-5-2-1-3-6-13)18(23)19(24)17(21)12-22/h1-9,16-19,22-24H,10-12H2/t16-,17+,18-,19+/m0/s1. The lowest BCUT2D eigenvalue weighted by atomic mass is 10.0. The normalized spacial score (nSPS) is 27.5. The van der Waals surface area contributed by atoms with Gasteiger partial charge in [0, 0.05) is 17.1 Å². The predicted molar refractivity (Wildman–Crippen MR) is 96.5 cm³/mol. The van der Waals surface area contributed by atoms with E-state index in [4.69, 9.17) is 0 Å². The van der Waals surface area contributed by atoms with Crippen molar-refractivity contribution in [3.8, 4) is 0 Å². The summed E-state index contributed by atoms with van der Waals surface area (Å²) in [6.07, 6.45) is -1.20. The molecule has 0 radical (unpaired) electrons. The SMILES string of the molecule is OC[C@@H]1[C@@H](O)[C@@H](O)[C@H](Cc2ccccc2)N1Cc1cccc(Br)c1. The molecule has 0 saturated carbocycles. The zero-order valence-corrected chi connectivity index (χ0v) is 14.9. The van der Waals surface area contributed by atoms with E-state index in [-0.39, 0.29) is 12.6 Å². The van der Waals surface area contributed by atoms with Gasteiger partial charge in [0.05, 0.1) is 24.9 Å². The molecule has 5 heteroatoms. The van der Waals surface area contributed by atoms with E-state index in [1.807, 2.05) is 59.5 Å². The second-order valence-corrected chi connectivity index (χ2v) is 7.21. The number of likely N-dealkylation sites (tertiary alicyclic amines) is 1. The minimum atomic E-state index is -0.948. The summed E-state index contributed by atoms with van der Waals surface area (Å²) in [4.78, 5) is 2.02. The highest BCUT2D eigenvalue weighted by Crippen LogP contribution is 2.30. The molecule has 24 heavy (non-hydrogen) atoms. The third-order valence-electron chi connectivity index (χ3n) is 4.72. The largest absolute Gasteiger partial charge is 0.395 e. The number of aliphatic hydroxyl groups is 3. The number of nitrogens with zero attached hydrogens (tertiary/aromatic N) is 1. The number of hydrogen-bond donors (Lipinski definition) is 3. The van der Waals surface area contributed by atoms with Gasteiger partial charge in [-0.3, -0.25) is 4.90 Å². The molecule has 3 rings (SSSR count). The van der Waals surface area contributed by atoms with Gasteiger partial charge in [-0.25, -0.2) is 0 Å². The van der Waals surface area contributed by atoms with E-state index in [9.17, 15) is 15.3 Å². The van der Waals surface area contributed by atoms with Crippen LogP contribution in [0.5, 0.6) is 0 Å². The predicted octanol–water partition coefficient (Wildman–Crippen LogP) is 1.96. The van der Waals surface area contributed by atoms with Crippen molar-refractivity contribution >= 4 is 15.9 Å². The van der Waals surface area contributed by atoms with E-state index in [2.05, 4.69) is 15.9 Å². The number of benzene rings is 2. The molecule has 1 saturated heterocycles. The van der Waals surface area contributed by atoms with Crippen LogP contribution in [0.15, 0.2) is 59.1 Å². The number of halogens is 1. The van der Waals surface area contributed by atoms with Crippen LogP contribution in [0, 0.1) is 0 Å². The summed E-state index contributed by atoms with van der Waals surface area (Å²) in [7, 11) is 0. The van der Waals surface area contributed by atoms with Crippen molar-refractivity contribution in [1.29, 1.82) is 0 Å². The van der Waals surface area contributed by atoms with E-state index < -0.39 is 18.2 Å². The molecule has 1 fully saturated rings. The van der Waals surface area contributed by atoms with Crippen molar-refractivity contribution in [3.63, 3.8) is 0 Å². The quantitative estimate of drug-likeness (QED) is 0.728. The first-order valence-electron chi connectivity index (χ1n) is 8.11. The second-order valence-electron chi connectivity index (χ2n) is 6.29. The van der Waals surface area contributed by atoms with Gasteiger partial charge >= 0.3 is 0 Å². The summed E-state index contributed by atoms with van der Waals surface area (Å²) in [5.41, 5.74) is 2.17. The van der Waals surface area contributed by atoms with Gasteiger partial charge in [0.1, 0.15) is 0 Å². The van der Waals surface area contributed by atoms with Gasteiger partial charge in [-0.2, -0.15) is 0 Å². The van der Waals surface area contributed by atoms with Gasteiger partial charge in [-0.1, -0.05) is 58.4 Å². The molecule has 2 aromatic rings. The zero-order chi connectivity index (χ0) is 17.1. The Balaban J connectivity index is 1.85. The molecule has 3 N–H and O–H groups in total. The fraction of sp³-hybridized carbons (Fsp3) is 0.368. The van der Waals surface area contributed by atoms with Crippen LogP contribution in [-0.2, 0) is 13.0 Å². The summed E-state index contributed by atoms with van der Waals surface area (Å²) < 4.78 is 0.987. The van der Waals surface area contributed by atoms with E-state index in [1.54, 1.807) is 0 Å². The molecule has 4 nitrogen and oxygen atoms in total. The van der Waals surface area contributed by atoms with Crippen LogP contribution < -0.4 is 0 Å². The van der Waals surface area contributed by atoms with Crippen molar-refractivity contribution in [2.75, 3.05) is 6.61 Å². The Morgan fingerprint density at radius 3 is 2.21 bits per heavy atom. The van der Waals surface area contributed by atoms with Crippen molar-refractivity contribution < 1.29 is 15.3 Å². The van der Waals surface area contributed by atoms with Crippen LogP contribution >= 0.6 is 15.9 Å². The fourth-order valence-electron chi connectivity index (χ4n) is 3.48. The summed E-state index contributed by atoms with van der Waals surface area (Å²) in [5, 5.41) is 30.6. The average molecular weight is 392 g/mol. The molecule has 0 aliphatic carbocycles. The van der Waals surface area contributed by atoms with Crippen molar-refractivity contribution in [1.82, 2.24) is 4.90 Å². The first-order valence-corrected chi connectivity index (χ1v) is 8.90. The maximum atomic E-state index is 10.5. The molecule has 1 heterocycles. The summed E-state index contributed by atoms with van der Waals surface area (Å²) >= 11 is 3.47. The number of rotatable bonds is 5. The third-order valence-corrected chi connectivity index (χ3v) is 5.21. The van der Waals surface area contributed by atoms with Crippen LogP contribution in [0.25, 0.3) is 0 Å². The first kappa shape index (κ1) is 17.6. The zero-order valence-electron chi connectivity index (χ0n) is 13.3. The van der Waals surface area contributed by atoms with E-state index in [0.717, 1.165) is 15.6 Å². The topological polar surface area (TPSA) is 63.9 Å². The molecule has 128 valence electrons. The van der Waals surface area contributed by atoms with Crippen molar-refractivity contribution in [3.05, 3.63) is 70.2 Å². The molecular formula is C19H22BrNO3. The molecule has 1 aliphatic heterocycles. The lowest BCUT2D eigenvalue weighted by molar-refractivity contribution is 0.0178. The lowest BCUT2D eigenvalue weighted by Gasteiger charge is -2.30. The van der Waals surface area contributed by atoms with Crippen LogP contribution in [0.2, 0.25) is 0 Å². The maximum Gasteiger partial charge on any atom is 0.0991 e. The summed E-state index contributed by atoms with van der Waals surface area (Å²) in [5.74, 6) is 0. The van der Waals surface area contributed by atoms with Crippen LogP contribution in [0.3, 0.4) is 0 Å². The molecule has 0 aromatic heterocycles. The highest BCUT2D eigenvalue weighted by molar-refractivity contribution is 9.10. The van der Waals surface area contributed by atoms with Crippen molar-refractivity contribution in [2.45, 2.75) is 37.3 Å². The van der Waals surface area contributed by atoms with Gasteiger partial charge in [0.2, 0.25) is 0 Å². The lowest BCUT2D eigenvalue weighted by Crippen LogP contribution is -2.41. The maximum absolute atomic E-state index is 10.5. The van der Waals surface area contributed by atoms with Gasteiger partial charge in [-0.15, -0.1) is 0 Å². The minimum Gasteiger partial charge on any atom is -0.395 e. The Bertz CT molecular complexity index is 667. The molecule has 0 unspecified atom stereocenters. The van der Waals surface area contributed by atoms with E-state index in [1.165, 1.54) is 0 Å². The Labute approximate surface area is 150 Å². The molecule has 4 atom stereocenters. The first-order chi connectivity index (χ1) is 11.6. The molecule has 0 amide bonds. The van der Waals surface area contributed by atoms with Gasteiger partial charge in [-0.05, 0) is 29.7 Å². The molecule has 0 spiro atoms. The van der Waals surface area contributed by atoms with E-state index >= 15 is 0 Å². The smallest absolute Gasteiger partial charge is 0.0991 e. The second kappa shape index (κ2) is 7.76. The number of aliphatic hydroxyl groups excluding tert-OH is 3. The summed E-state index contributed by atoms with van der Waals surface area (Å²) in [6, 6.07) is 17.2. The van der Waals surface area contributed by atoms with Crippen LogP contribution in [0.1, 0.15) is 11.1 Å². The van der Waals surface area contributed by atoms with Crippen LogP contribution in [0.4, 0.5) is 0 Å². The average Bonchev–Trinajstić information content (AvgIpc) is 2.80. The highest BCUT2D eigenvalue weighted by atomic mass is 79.9. The van der Waals surface area contributed by atoms with Crippen LogP contribution in [-0.4, -0.2) is 51.1 Å². The Morgan fingerprint density at radius 1 is 0.875 bits per heavy atom. The minimum absolute atomic E-state index is 0.183. The summed E-state index contributed by atoms with van der Waals surface area (Å²) in [6.45, 7) is 0.383. The number of hydrogen-bond acceptors (Lipinski definition) is 4. The molecule has 1 aliphatic rings. The van der Waals surface area contributed by atoms with E-state index in [0.29, 0.717) is 13.0 Å². The Kier molecular flexibility index (Phi) is 5.69. The molecule has 0 bridgehead atoms. The Morgan fingerprint density at radius 2 is 1.54 bits per heavy atom. The van der Waals surface area contributed by atoms with Gasteiger partial charge in [0.25, 0.3) is 0 Å². The molecular weight excluding hydrogens is 370 g/mol. The van der Waals surface area contributed by atoms with Crippen molar-refractivity contribution in [2.24, 2.45) is 0 Å². The fourth-order valence-corrected chi connectivity index (χ4v) is 3.93. The van der Waals surface area contributed by atoms with Gasteiger partial charge in [0.15, 0.2) is 0 Å². The van der Waals surface area contributed by atoms with Gasteiger partial charge < -0.3 is 15.3 Å². The molecule has 2 aromatic carbocycles.